The van der Waals surface area contributed by atoms with E-state index in [1.165, 1.54) is 12.1 Å². The minimum Gasteiger partial charge on any atom is -0.482 e. The summed E-state index contributed by atoms with van der Waals surface area (Å²) in [4.78, 5) is 14.7. The van der Waals surface area contributed by atoms with Gasteiger partial charge in [-0.25, -0.2) is 8.78 Å². The molecule has 160 valence electrons. The third-order valence-electron chi connectivity index (χ3n) is 4.91. The van der Waals surface area contributed by atoms with E-state index in [1.54, 1.807) is 9.58 Å². The van der Waals surface area contributed by atoms with E-state index in [2.05, 4.69) is 10.3 Å². The van der Waals surface area contributed by atoms with E-state index in [0.29, 0.717) is 6.54 Å². The predicted molar refractivity (Wildman–Crippen MR) is 105 cm³/mol. The van der Waals surface area contributed by atoms with Crippen molar-refractivity contribution in [2.75, 3.05) is 0 Å². The zero-order chi connectivity index (χ0) is 22.0. The van der Waals surface area contributed by atoms with Crippen LogP contribution in [0.3, 0.4) is 0 Å². The van der Waals surface area contributed by atoms with E-state index in [4.69, 9.17) is 9.26 Å². The molecule has 2 aromatic heterocycles. The summed E-state index contributed by atoms with van der Waals surface area (Å²) < 4.78 is 38.9. The fourth-order valence-electron chi connectivity index (χ4n) is 3.08. The van der Waals surface area contributed by atoms with Crippen molar-refractivity contribution in [2.24, 2.45) is 7.05 Å². The summed E-state index contributed by atoms with van der Waals surface area (Å²) in [5.74, 6) is -1.68. The average Bonchev–Trinajstić information content (AvgIpc) is 3.24. The van der Waals surface area contributed by atoms with Gasteiger partial charge in [0.25, 0.3) is 5.91 Å². The fraction of sp³-hybridized carbons (Fsp3) is 0.381. The smallest absolute Gasteiger partial charge is 0.276 e. The van der Waals surface area contributed by atoms with Crippen LogP contribution in [0.15, 0.2) is 28.8 Å². The quantitative estimate of drug-likeness (QED) is 0.581. The van der Waals surface area contributed by atoms with Crippen LogP contribution in [0.4, 0.5) is 8.78 Å². The number of carbonyl (C=O) groups excluding carboxylic acids is 1. The van der Waals surface area contributed by atoms with Gasteiger partial charge in [0, 0.05) is 43.0 Å². The molecule has 0 aliphatic heterocycles. The average molecular weight is 418 g/mol. The molecule has 9 heteroatoms. The van der Waals surface area contributed by atoms with Gasteiger partial charge in [-0.15, -0.1) is 0 Å². The first-order valence-electron chi connectivity index (χ1n) is 9.50. The van der Waals surface area contributed by atoms with Crippen LogP contribution >= 0.6 is 0 Å². The monoisotopic (exact) mass is 418 g/mol. The molecule has 0 saturated carbocycles. The van der Waals surface area contributed by atoms with E-state index in [0.717, 1.165) is 29.1 Å². The van der Waals surface area contributed by atoms with Crippen molar-refractivity contribution in [1.29, 1.82) is 0 Å². The van der Waals surface area contributed by atoms with Gasteiger partial charge in [0.1, 0.15) is 12.4 Å². The maximum absolute atomic E-state index is 13.7. The molecule has 0 N–H and O–H groups in total. The predicted octanol–water partition coefficient (Wildman–Crippen LogP) is 3.93. The largest absolute Gasteiger partial charge is 0.482 e. The van der Waals surface area contributed by atoms with E-state index >= 15 is 0 Å². The molecule has 7 nitrogen and oxygen atoms in total. The summed E-state index contributed by atoms with van der Waals surface area (Å²) >= 11 is 0. The van der Waals surface area contributed by atoms with Gasteiger partial charge in [0.15, 0.2) is 23.0 Å². The van der Waals surface area contributed by atoms with Gasteiger partial charge in [-0.3, -0.25) is 9.48 Å². The van der Waals surface area contributed by atoms with E-state index in [1.807, 2.05) is 34.7 Å². The normalized spacial score (nSPS) is 11.2. The van der Waals surface area contributed by atoms with E-state index < -0.39 is 11.6 Å². The molecule has 0 aliphatic rings. The van der Waals surface area contributed by atoms with Crippen LogP contribution in [0.5, 0.6) is 5.75 Å². The highest BCUT2D eigenvalue weighted by molar-refractivity contribution is 5.92. The Kier molecular flexibility index (Phi) is 6.19. The highest BCUT2D eigenvalue weighted by Gasteiger charge is 2.25. The lowest BCUT2D eigenvalue weighted by molar-refractivity contribution is 0.0678. The number of hydrogen-bond donors (Lipinski definition) is 0. The molecule has 0 fully saturated rings. The van der Waals surface area contributed by atoms with Crippen LogP contribution in [0.25, 0.3) is 0 Å². The first-order chi connectivity index (χ1) is 14.2. The van der Waals surface area contributed by atoms with Crippen LogP contribution in [-0.2, 0) is 20.2 Å². The molecule has 0 unspecified atom stereocenters. The van der Waals surface area contributed by atoms with Crippen molar-refractivity contribution in [3.8, 4) is 5.75 Å². The second-order valence-electron chi connectivity index (χ2n) is 7.34. The summed E-state index contributed by atoms with van der Waals surface area (Å²) in [7, 11) is 1.86. The molecule has 3 aromatic rings. The molecule has 2 heterocycles. The van der Waals surface area contributed by atoms with Gasteiger partial charge in [0.2, 0.25) is 0 Å². The fourth-order valence-corrected chi connectivity index (χ4v) is 3.08. The van der Waals surface area contributed by atoms with Gasteiger partial charge >= 0.3 is 0 Å². The van der Waals surface area contributed by atoms with Crippen LogP contribution in [-0.4, -0.2) is 31.8 Å². The highest BCUT2D eigenvalue weighted by atomic mass is 19.1. The lowest BCUT2D eigenvalue weighted by Gasteiger charge is -2.26. The van der Waals surface area contributed by atoms with Crippen molar-refractivity contribution >= 4 is 5.91 Å². The van der Waals surface area contributed by atoms with Crippen molar-refractivity contribution in [2.45, 2.75) is 46.9 Å². The van der Waals surface area contributed by atoms with Crippen molar-refractivity contribution < 1.29 is 22.8 Å². The maximum atomic E-state index is 13.7. The number of halogens is 2. The Morgan fingerprint density at radius 2 is 2.00 bits per heavy atom. The molecule has 3 rings (SSSR count). The summed E-state index contributed by atoms with van der Waals surface area (Å²) in [5, 5.41) is 8.24. The number of carbonyl (C=O) groups is 1. The van der Waals surface area contributed by atoms with Gasteiger partial charge in [-0.05, 0) is 39.8 Å². The minimum atomic E-state index is -0.820. The SMILES string of the molecule is Cc1nn(C)c(C)c1CN(C(=O)c1cc(COc2ccc(F)cc2F)on1)C(C)C. The number of benzene rings is 1. The Hall–Kier alpha value is -3.23. The third-order valence-corrected chi connectivity index (χ3v) is 4.91. The lowest BCUT2D eigenvalue weighted by atomic mass is 10.1. The van der Waals surface area contributed by atoms with Gasteiger partial charge in [0.05, 0.1) is 5.69 Å². The van der Waals surface area contributed by atoms with E-state index in [-0.39, 0.29) is 35.8 Å². The second-order valence-corrected chi connectivity index (χ2v) is 7.34. The van der Waals surface area contributed by atoms with Crippen LogP contribution in [0.2, 0.25) is 0 Å². The van der Waals surface area contributed by atoms with Crippen molar-refractivity contribution in [3.05, 3.63) is 64.3 Å². The van der Waals surface area contributed by atoms with Crippen molar-refractivity contribution in [1.82, 2.24) is 19.8 Å². The lowest BCUT2D eigenvalue weighted by Crippen LogP contribution is -2.36. The molecule has 0 atom stereocenters. The Balaban J connectivity index is 1.72. The van der Waals surface area contributed by atoms with Crippen LogP contribution in [0, 0.1) is 25.5 Å². The molecular weight excluding hydrogens is 394 g/mol. The first kappa shape index (κ1) is 21.5. The molecule has 0 spiro atoms. The molecule has 0 aliphatic carbocycles. The second kappa shape index (κ2) is 8.64. The number of ether oxygens (including phenoxy) is 1. The Morgan fingerprint density at radius 1 is 1.27 bits per heavy atom. The summed E-state index contributed by atoms with van der Waals surface area (Å²) in [6.07, 6.45) is 0. The van der Waals surface area contributed by atoms with Gasteiger partial charge in [-0.2, -0.15) is 5.10 Å². The van der Waals surface area contributed by atoms with Crippen LogP contribution in [0.1, 0.15) is 47.0 Å². The number of nitrogens with zero attached hydrogens (tertiary/aromatic N) is 4. The Morgan fingerprint density at radius 3 is 2.60 bits per heavy atom. The Labute approximate surface area is 173 Å². The first-order valence-corrected chi connectivity index (χ1v) is 9.50. The number of aromatic nitrogens is 3. The molecule has 1 amide bonds. The van der Waals surface area contributed by atoms with Gasteiger partial charge < -0.3 is 14.2 Å². The third kappa shape index (κ3) is 4.50. The molecule has 0 radical (unpaired) electrons. The maximum Gasteiger partial charge on any atom is 0.276 e. The zero-order valence-electron chi connectivity index (χ0n) is 17.6. The summed E-state index contributed by atoms with van der Waals surface area (Å²) in [5.41, 5.74) is 2.96. The standard InChI is InChI=1S/C21H24F2N4O3/c1-12(2)27(10-17-13(3)24-26(5)14(17)4)21(28)19-9-16(30-25-19)11-29-20-7-6-15(22)8-18(20)23/h6-9,12H,10-11H2,1-5H3. The van der Waals surface area contributed by atoms with E-state index in [9.17, 15) is 13.6 Å². The molecule has 30 heavy (non-hydrogen) atoms. The molecule has 0 bridgehead atoms. The number of hydrogen-bond acceptors (Lipinski definition) is 5. The molecule has 0 saturated heterocycles. The summed E-state index contributed by atoms with van der Waals surface area (Å²) in [6.45, 7) is 7.94. The van der Waals surface area contributed by atoms with Crippen molar-refractivity contribution in [3.63, 3.8) is 0 Å². The molecule has 1 aromatic carbocycles. The number of rotatable bonds is 7. The number of amides is 1. The number of aryl methyl sites for hydroxylation is 2. The van der Waals surface area contributed by atoms with Crippen LogP contribution < -0.4 is 4.74 Å². The zero-order valence-corrected chi connectivity index (χ0v) is 17.6. The molecular formula is C21H24F2N4O3. The van der Waals surface area contributed by atoms with Gasteiger partial charge in [-0.1, -0.05) is 5.16 Å². The Bertz CT molecular complexity index is 1060. The highest BCUT2D eigenvalue weighted by Crippen LogP contribution is 2.21. The summed E-state index contributed by atoms with van der Waals surface area (Å²) in [6, 6.07) is 4.39. The minimum absolute atomic E-state index is 0.0822. The topological polar surface area (TPSA) is 73.4 Å².